The van der Waals surface area contributed by atoms with E-state index in [0.29, 0.717) is 24.3 Å². The average molecular weight is 276 g/mol. The first kappa shape index (κ1) is 13.3. The zero-order valence-corrected chi connectivity index (χ0v) is 9.02. The van der Waals surface area contributed by atoms with E-state index in [1.165, 1.54) is 0 Å². The third kappa shape index (κ3) is 2.64. The Labute approximate surface area is 103 Å². The summed E-state index contributed by atoms with van der Waals surface area (Å²) in [5, 5.41) is 3.09. The second kappa shape index (κ2) is 4.83. The van der Waals surface area contributed by atoms with Crippen molar-refractivity contribution in [1.29, 1.82) is 0 Å². The zero-order chi connectivity index (χ0) is 14.2. The van der Waals surface area contributed by atoms with E-state index in [9.17, 15) is 26.3 Å². The van der Waals surface area contributed by atoms with Gasteiger partial charge >= 0.3 is 0 Å². The molecule has 0 fully saturated rings. The lowest BCUT2D eigenvalue weighted by Gasteiger charge is -2.08. The predicted molar refractivity (Wildman–Crippen MR) is 54.1 cm³/mol. The van der Waals surface area contributed by atoms with Crippen LogP contribution < -0.4 is 5.32 Å². The van der Waals surface area contributed by atoms with Gasteiger partial charge < -0.3 is 0 Å². The lowest BCUT2D eigenvalue weighted by molar-refractivity contribution is 0.527. The van der Waals surface area contributed by atoms with Crippen molar-refractivity contribution in [2.75, 3.05) is 0 Å². The van der Waals surface area contributed by atoms with Gasteiger partial charge in [-0.2, -0.15) is 0 Å². The fourth-order valence-corrected chi connectivity index (χ4v) is 1.39. The van der Waals surface area contributed by atoms with Gasteiger partial charge in [-0.3, -0.25) is 0 Å². The topological polar surface area (TPSA) is 14.1 Å². The quantitative estimate of drug-likeness (QED) is 0.733. The van der Waals surface area contributed by atoms with Crippen LogP contribution in [0.4, 0.5) is 37.7 Å². The van der Waals surface area contributed by atoms with E-state index < -0.39 is 46.3 Å². The molecule has 0 aliphatic heterocycles. The summed E-state index contributed by atoms with van der Waals surface area (Å²) in [5.41, 5.74) is -2.13. The average Bonchev–Trinajstić information content (AvgIpc) is 2.25. The second-order valence-electron chi connectivity index (χ2n) is 3.55. The molecule has 0 saturated heterocycles. The molecular weight excluding hydrogens is 272 g/mol. The van der Waals surface area contributed by atoms with Crippen molar-refractivity contribution in [2.24, 2.45) is 0 Å². The minimum atomic E-state index is -1.43. The van der Waals surface area contributed by atoms with Crippen molar-refractivity contribution < 1.29 is 26.3 Å². The highest BCUT2D eigenvalue weighted by atomic mass is 19.2. The number of hydrogen-bond donors (Lipinski definition) is 0. The Balaban J connectivity index is 2.48. The summed E-state index contributed by atoms with van der Waals surface area (Å²) in [4.78, 5) is 0. The maximum absolute atomic E-state index is 13.2. The van der Waals surface area contributed by atoms with Crippen LogP contribution in [-0.2, 0) is 0 Å². The van der Waals surface area contributed by atoms with Crippen LogP contribution in [0.3, 0.4) is 0 Å². The van der Waals surface area contributed by atoms with Crippen molar-refractivity contribution in [2.45, 2.75) is 0 Å². The van der Waals surface area contributed by atoms with Crippen molar-refractivity contribution >= 4 is 11.4 Å². The van der Waals surface area contributed by atoms with Gasteiger partial charge in [-0.15, -0.1) is 0 Å². The summed E-state index contributed by atoms with van der Waals surface area (Å²) in [5.74, 6) is -8.12. The van der Waals surface area contributed by atoms with E-state index in [-0.39, 0.29) is 0 Å². The lowest BCUT2D eigenvalue weighted by atomic mass is 10.2. The fraction of sp³-hybridized carbons (Fsp3) is 0. The van der Waals surface area contributed by atoms with E-state index in [2.05, 4.69) is 5.32 Å². The van der Waals surface area contributed by atoms with Crippen LogP contribution in [0.2, 0.25) is 0 Å². The molecule has 0 aliphatic carbocycles. The Hall–Kier alpha value is -2.18. The molecule has 0 unspecified atom stereocenters. The third-order valence-electron chi connectivity index (χ3n) is 2.19. The first-order chi connectivity index (χ1) is 8.88. The molecule has 0 atom stereocenters. The van der Waals surface area contributed by atoms with Gasteiger partial charge in [0.05, 0.1) is 0 Å². The fourth-order valence-electron chi connectivity index (χ4n) is 1.39. The van der Waals surface area contributed by atoms with E-state index in [4.69, 9.17) is 0 Å². The Bertz CT molecular complexity index is 539. The summed E-state index contributed by atoms with van der Waals surface area (Å²) in [6, 6.07) is 1.23. The smallest absolute Gasteiger partial charge is 0.154 e. The van der Waals surface area contributed by atoms with Crippen molar-refractivity contribution in [3.05, 3.63) is 59.2 Å². The van der Waals surface area contributed by atoms with E-state index in [1.807, 2.05) is 0 Å². The van der Waals surface area contributed by atoms with Gasteiger partial charge in [0.1, 0.15) is 23.0 Å². The summed E-state index contributed by atoms with van der Waals surface area (Å²) < 4.78 is 78.3. The minimum Gasteiger partial charge on any atom is -0.237 e. The van der Waals surface area contributed by atoms with Gasteiger partial charge in [0.15, 0.2) is 23.3 Å². The van der Waals surface area contributed by atoms with Crippen molar-refractivity contribution in [3.63, 3.8) is 0 Å². The Morgan fingerprint density at radius 1 is 0.526 bits per heavy atom. The largest absolute Gasteiger partial charge is 0.237 e. The highest BCUT2D eigenvalue weighted by molar-refractivity contribution is 5.51. The summed E-state index contributed by atoms with van der Waals surface area (Å²) in [6.07, 6.45) is 0. The number of hydrogen-bond acceptors (Lipinski definition) is 0. The molecule has 0 aromatic heterocycles. The summed E-state index contributed by atoms with van der Waals surface area (Å²) in [7, 11) is 0. The molecule has 0 N–H and O–H groups in total. The van der Waals surface area contributed by atoms with Crippen LogP contribution in [0.1, 0.15) is 0 Å². The minimum absolute atomic E-state index is 0.307. The van der Waals surface area contributed by atoms with Crippen LogP contribution in [0.15, 0.2) is 24.3 Å². The van der Waals surface area contributed by atoms with Crippen LogP contribution in [0, 0.1) is 34.9 Å². The van der Waals surface area contributed by atoms with E-state index in [1.54, 1.807) is 0 Å². The highest BCUT2D eigenvalue weighted by Gasteiger charge is 2.19. The maximum Gasteiger partial charge on any atom is 0.154 e. The van der Waals surface area contributed by atoms with Gasteiger partial charge in [0.2, 0.25) is 0 Å². The standard InChI is InChI=1S/C12H4F6N/c13-5-1-7(15)11(8(16)2-5)19-12-9(17)3-6(14)4-10(12)18/h1-4H. The SMILES string of the molecule is Fc1cc(F)c([N]c2c(F)cc(F)cc2F)c(F)c1. The monoisotopic (exact) mass is 276 g/mol. The van der Waals surface area contributed by atoms with Gasteiger partial charge in [-0.05, 0) is 0 Å². The molecule has 0 aliphatic rings. The third-order valence-corrected chi connectivity index (χ3v) is 2.19. The zero-order valence-electron chi connectivity index (χ0n) is 9.02. The Kier molecular flexibility index (Phi) is 3.37. The molecule has 0 amide bonds. The normalized spacial score (nSPS) is 10.6. The van der Waals surface area contributed by atoms with Gasteiger partial charge in [-0.25, -0.2) is 31.7 Å². The number of halogens is 6. The molecule has 19 heavy (non-hydrogen) atoms. The maximum atomic E-state index is 13.2. The molecule has 2 rings (SSSR count). The van der Waals surface area contributed by atoms with Gasteiger partial charge in [0, 0.05) is 24.3 Å². The van der Waals surface area contributed by atoms with Gasteiger partial charge in [0.25, 0.3) is 0 Å². The van der Waals surface area contributed by atoms with Crippen LogP contribution in [0.5, 0.6) is 0 Å². The molecule has 1 nitrogen and oxygen atoms in total. The van der Waals surface area contributed by atoms with Crippen LogP contribution in [-0.4, -0.2) is 0 Å². The molecule has 7 heteroatoms. The molecule has 2 aromatic carbocycles. The molecule has 0 heterocycles. The van der Waals surface area contributed by atoms with E-state index in [0.717, 1.165) is 0 Å². The first-order valence-corrected chi connectivity index (χ1v) is 4.89. The molecular formula is C12H4F6N. The molecule has 0 saturated carbocycles. The number of rotatable bonds is 2. The summed E-state index contributed by atoms with van der Waals surface area (Å²) >= 11 is 0. The Morgan fingerprint density at radius 3 is 1.05 bits per heavy atom. The molecule has 2 aromatic rings. The predicted octanol–water partition coefficient (Wildman–Crippen LogP) is 4.09. The van der Waals surface area contributed by atoms with Crippen LogP contribution >= 0.6 is 0 Å². The lowest BCUT2D eigenvalue weighted by Crippen LogP contribution is -2.02. The first-order valence-electron chi connectivity index (χ1n) is 4.89. The van der Waals surface area contributed by atoms with Crippen molar-refractivity contribution in [1.82, 2.24) is 5.32 Å². The van der Waals surface area contributed by atoms with Crippen LogP contribution in [0.25, 0.3) is 0 Å². The van der Waals surface area contributed by atoms with Crippen molar-refractivity contribution in [3.8, 4) is 0 Å². The molecule has 0 spiro atoms. The molecule has 0 bridgehead atoms. The highest BCUT2D eigenvalue weighted by Crippen LogP contribution is 2.28. The summed E-state index contributed by atoms with van der Waals surface area (Å²) in [6.45, 7) is 0. The molecule has 99 valence electrons. The van der Waals surface area contributed by atoms with Gasteiger partial charge in [-0.1, -0.05) is 0 Å². The molecule has 1 radical (unpaired) electrons. The van der Waals surface area contributed by atoms with E-state index >= 15 is 0 Å². The Morgan fingerprint density at radius 2 is 0.789 bits per heavy atom. The number of benzene rings is 2. The second-order valence-corrected chi connectivity index (χ2v) is 3.55. The number of nitrogens with zero attached hydrogens (tertiary/aromatic N) is 1.